The smallest absolute Gasteiger partial charge is 0.399 e. The van der Waals surface area contributed by atoms with E-state index in [4.69, 9.17) is 5.73 Å². The number of rotatable bonds is 2. The molecule has 1 aliphatic rings. The van der Waals surface area contributed by atoms with E-state index in [1.807, 2.05) is 0 Å². The van der Waals surface area contributed by atoms with Crippen LogP contribution in [0.15, 0.2) is 54.8 Å². The Kier molecular flexibility index (Phi) is 4.81. The third-order valence-corrected chi connectivity index (χ3v) is 4.21. The molecule has 0 radical (unpaired) electrons. The molecule has 1 aliphatic heterocycles. The minimum Gasteiger partial charge on any atom is -0.399 e. The van der Waals surface area contributed by atoms with E-state index in [-0.39, 0.29) is 28.1 Å². The lowest BCUT2D eigenvalue weighted by atomic mass is 9.90. The van der Waals surface area contributed by atoms with E-state index < -0.39 is 35.1 Å². The Balaban J connectivity index is 1.96. The standard InChI is InChI=1S/C19H13F6N3O/c1-9-11(8-27-15-4-2-3-12(16(9)15)18(20,21)22)17(29)28-14-6-5-10(26)7-13(14)19(23,24)25/h2-8,27H,1,26H2,(H,28,29). The minimum absolute atomic E-state index is 0.0739. The van der Waals surface area contributed by atoms with Crippen molar-refractivity contribution in [1.82, 2.24) is 0 Å². The van der Waals surface area contributed by atoms with Gasteiger partial charge < -0.3 is 16.4 Å². The van der Waals surface area contributed by atoms with Gasteiger partial charge in [0.2, 0.25) is 0 Å². The molecule has 0 bridgehead atoms. The van der Waals surface area contributed by atoms with Crippen molar-refractivity contribution in [2.24, 2.45) is 0 Å². The number of carbonyl (C=O) groups excluding carboxylic acids is 1. The lowest BCUT2D eigenvalue weighted by Crippen LogP contribution is -2.22. The number of carbonyl (C=O) groups is 1. The Bertz CT molecular complexity index is 1040. The fourth-order valence-corrected chi connectivity index (χ4v) is 2.90. The van der Waals surface area contributed by atoms with Gasteiger partial charge >= 0.3 is 12.4 Å². The van der Waals surface area contributed by atoms with Gasteiger partial charge in [-0.2, -0.15) is 26.3 Å². The summed E-state index contributed by atoms with van der Waals surface area (Å²) in [6, 6.07) is 6.14. The van der Waals surface area contributed by atoms with E-state index in [1.165, 1.54) is 12.1 Å². The van der Waals surface area contributed by atoms with Crippen molar-refractivity contribution in [3.63, 3.8) is 0 Å². The topological polar surface area (TPSA) is 67.2 Å². The number of nitrogen functional groups attached to an aromatic ring is 1. The summed E-state index contributed by atoms with van der Waals surface area (Å²) < 4.78 is 79.6. The largest absolute Gasteiger partial charge is 0.418 e. The van der Waals surface area contributed by atoms with Gasteiger partial charge in [0.15, 0.2) is 0 Å². The molecule has 29 heavy (non-hydrogen) atoms. The number of benzene rings is 2. The first-order chi connectivity index (χ1) is 13.4. The quantitative estimate of drug-likeness (QED) is 0.464. The van der Waals surface area contributed by atoms with E-state index in [1.54, 1.807) is 0 Å². The van der Waals surface area contributed by atoms with E-state index in [9.17, 15) is 31.1 Å². The van der Waals surface area contributed by atoms with Gasteiger partial charge in [-0.25, -0.2) is 0 Å². The molecule has 0 fully saturated rings. The van der Waals surface area contributed by atoms with Crippen molar-refractivity contribution in [2.45, 2.75) is 12.4 Å². The van der Waals surface area contributed by atoms with E-state index >= 15 is 0 Å². The molecule has 0 aromatic heterocycles. The second-order valence-corrected chi connectivity index (χ2v) is 6.16. The molecule has 0 spiro atoms. The number of amides is 1. The molecular weight excluding hydrogens is 400 g/mol. The number of halogens is 6. The first kappa shape index (κ1) is 20.3. The summed E-state index contributed by atoms with van der Waals surface area (Å²) in [5.41, 5.74) is 1.55. The van der Waals surface area contributed by atoms with Crippen LogP contribution in [-0.2, 0) is 17.1 Å². The van der Waals surface area contributed by atoms with Gasteiger partial charge in [0.1, 0.15) is 0 Å². The molecule has 0 atom stereocenters. The highest BCUT2D eigenvalue weighted by atomic mass is 19.4. The normalized spacial score (nSPS) is 14.0. The molecule has 1 heterocycles. The van der Waals surface area contributed by atoms with Gasteiger partial charge in [-0.1, -0.05) is 12.6 Å². The summed E-state index contributed by atoms with van der Waals surface area (Å²) in [6.07, 6.45) is -8.43. The van der Waals surface area contributed by atoms with Crippen LogP contribution < -0.4 is 16.4 Å². The first-order valence-corrected chi connectivity index (χ1v) is 8.04. The maximum Gasteiger partial charge on any atom is 0.418 e. The Morgan fingerprint density at radius 2 is 1.66 bits per heavy atom. The lowest BCUT2D eigenvalue weighted by Gasteiger charge is -2.24. The predicted molar refractivity (Wildman–Crippen MR) is 96.7 cm³/mol. The first-order valence-electron chi connectivity index (χ1n) is 8.04. The van der Waals surface area contributed by atoms with Crippen molar-refractivity contribution in [2.75, 3.05) is 16.4 Å². The summed E-state index contributed by atoms with van der Waals surface area (Å²) in [6.45, 7) is 3.55. The number of nitrogens with two attached hydrogens (primary N) is 1. The van der Waals surface area contributed by atoms with Crippen molar-refractivity contribution >= 4 is 28.5 Å². The molecule has 152 valence electrons. The monoisotopic (exact) mass is 413 g/mol. The van der Waals surface area contributed by atoms with Crippen LogP contribution >= 0.6 is 0 Å². The Hall–Kier alpha value is -3.43. The summed E-state index contributed by atoms with van der Waals surface area (Å²) in [4.78, 5) is 12.6. The summed E-state index contributed by atoms with van der Waals surface area (Å²) in [5, 5.41) is 4.62. The molecule has 1 amide bonds. The fraction of sp³-hybridized carbons (Fsp3) is 0.105. The Morgan fingerprint density at radius 3 is 2.28 bits per heavy atom. The molecule has 0 saturated carbocycles. The average Bonchev–Trinajstić information content (AvgIpc) is 2.61. The van der Waals surface area contributed by atoms with Gasteiger partial charge in [-0.15, -0.1) is 0 Å². The molecule has 4 N–H and O–H groups in total. The second-order valence-electron chi connectivity index (χ2n) is 6.16. The van der Waals surface area contributed by atoms with Crippen LogP contribution in [0.5, 0.6) is 0 Å². The van der Waals surface area contributed by atoms with E-state index in [0.717, 1.165) is 24.4 Å². The van der Waals surface area contributed by atoms with Crippen molar-refractivity contribution in [3.8, 4) is 0 Å². The van der Waals surface area contributed by atoms with Gasteiger partial charge in [0, 0.05) is 23.1 Å². The number of anilines is 3. The Labute approximate surface area is 160 Å². The number of fused-ring (bicyclic) bond motifs is 1. The molecule has 0 saturated heterocycles. The summed E-state index contributed by atoms with van der Waals surface area (Å²) in [7, 11) is 0. The number of alkyl halides is 6. The number of nitrogens with one attached hydrogen (secondary N) is 2. The summed E-state index contributed by atoms with van der Waals surface area (Å²) >= 11 is 0. The number of hydrogen-bond acceptors (Lipinski definition) is 3. The zero-order valence-corrected chi connectivity index (χ0v) is 14.5. The van der Waals surface area contributed by atoms with Crippen LogP contribution in [0.25, 0.3) is 5.57 Å². The van der Waals surface area contributed by atoms with Crippen LogP contribution in [0.4, 0.5) is 43.4 Å². The van der Waals surface area contributed by atoms with Crippen LogP contribution in [-0.4, -0.2) is 5.91 Å². The molecule has 0 unspecified atom stereocenters. The number of hydrogen-bond donors (Lipinski definition) is 3. The fourth-order valence-electron chi connectivity index (χ4n) is 2.90. The van der Waals surface area contributed by atoms with Crippen LogP contribution in [0.3, 0.4) is 0 Å². The Morgan fingerprint density at radius 1 is 1.00 bits per heavy atom. The summed E-state index contributed by atoms with van der Waals surface area (Å²) in [5.74, 6) is -1.06. The predicted octanol–water partition coefficient (Wildman–Crippen LogP) is 5.27. The zero-order chi connectivity index (χ0) is 21.6. The average molecular weight is 413 g/mol. The SMILES string of the molecule is C=C1C(C(=O)Nc2ccc(N)cc2C(F)(F)F)=CNc2cccc(C(F)(F)F)c21. The van der Waals surface area contributed by atoms with Crippen molar-refractivity contribution in [3.05, 3.63) is 71.4 Å². The lowest BCUT2D eigenvalue weighted by molar-refractivity contribution is -0.138. The van der Waals surface area contributed by atoms with Gasteiger partial charge in [0.05, 0.1) is 22.4 Å². The van der Waals surface area contributed by atoms with E-state index in [0.29, 0.717) is 6.07 Å². The third kappa shape index (κ3) is 3.91. The van der Waals surface area contributed by atoms with Crippen LogP contribution in [0.1, 0.15) is 16.7 Å². The van der Waals surface area contributed by atoms with Crippen LogP contribution in [0.2, 0.25) is 0 Å². The second kappa shape index (κ2) is 6.87. The minimum atomic E-state index is -4.80. The molecule has 2 aromatic rings. The van der Waals surface area contributed by atoms with Gasteiger partial charge in [0.25, 0.3) is 5.91 Å². The highest BCUT2D eigenvalue weighted by molar-refractivity contribution is 6.17. The molecule has 10 heteroatoms. The maximum absolute atomic E-state index is 13.3. The zero-order valence-electron chi connectivity index (χ0n) is 14.5. The van der Waals surface area contributed by atoms with Crippen molar-refractivity contribution in [1.29, 1.82) is 0 Å². The molecular formula is C19H13F6N3O. The molecule has 3 rings (SSSR count). The molecule has 4 nitrogen and oxygen atoms in total. The third-order valence-electron chi connectivity index (χ3n) is 4.21. The highest BCUT2D eigenvalue weighted by Gasteiger charge is 2.38. The highest BCUT2D eigenvalue weighted by Crippen LogP contribution is 2.43. The van der Waals surface area contributed by atoms with Gasteiger partial charge in [-0.3, -0.25) is 4.79 Å². The van der Waals surface area contributed by atoms with Gasteiger partial charge in [-0.05, 0) is 35.9 Å². The van der Waals surface area contributed by atoms with Crippen LogP contribution in [0, 0.1) is 0 Å². The molecule has 2 aromatic carbocycles. The maximum atomic E-state index is 13.3. The van der Waals surface area contributed by atoms with E-state index in [2.05, 4.69) is 17.2 Å². The molecule has 0 aliphatic carbocycles. The van der Waals surface area contributed by atoms with Crippen molar-refractivity contribution < 1.29 is 31.1 Å².